The molecule has 4 rings (SSSR count). The number of benzene rings is 2. The van der Waals surface area contributed by atoms with Crippen molar-refractivity contribution in [3.63, 3.8) is 0 Å². The number of aromatic amines is 1. The maximum absolute atomic E-state index is 12.1. The number of hydrogen-bond donors (Lipinski definition) is 2. The van der Waals surface area contributed by atoms with E-state index < -0.39 is 5.97 Å². The minimum Gasteiger partial charge on any atom is -0.452 e. The molecule has 1 fully saturated rings. The van der Waals surface area contributed by atoms with Gasteiger partial charge in [-0.2, -0.15) is 0 Å². The van der Waals surface area contributed by atoms with Crippen LogP contribution in [0.3, 0.4) is 0 Å². The summed E-state index contributed by atoms with van der Waals surface area (Å²) in [4.78, 5) is 31.5. The second kappa shape index (κ2) is 6.39. The minimum absolute atomic E-state index is 0.254. The fourth-order valence-corrected chi connectivity index (χ4v) is 2.58. The Bertz CT molecular complexity index is 929. The van der Waals surface area contributed by atoms with E-state index in [4.69, 9.17) is 4.74 Å². The van der Waals surface area contributed by atoms with Crippen molar-refractivity contribution in [2.45, 2.75) is 18.9 Å². The van der Waals surface area contributed by atoms with Crippen LogP contribution in [0.2, 0.25) is 0 Å². The van der Waals surface area contributed by atoms with E-state index in [0.29, 0.717) is 5.56 Å². The molecular weight excluding hydrogens is 318 g/mol. The number of carbonyl (C=O) groups is 2. The predicted octanol–water partition coefficient (Wildman–Crippen LogP) is 2.67. The molecule has 6 heteroatoms. The molecule has 1 heterocycles. The highest BCUT2D eigenvalue weighted by molar-refractivity contribution is 5.95. The van der Waals surface area contributed by atoms with Gasteiger partial charge in [0.05, 0.1) is 16.6 Å². The van der Waals surface area contributed by atoms with Crippen molar-refractivity contribution in [2.24, 2.45) is 0 Å². The highest BCUT2D eigenvalue weighted by Crippen LogP contribution is 2.21. The van der Waals surface area contributed by atoms with Crippen LogP contribution in [0.25, 0.3) is 22.4 Å². The van der Waals surface area contributed by atoms with Gasteiger partial charge in [-0.1, -0.05) is 30.3 Å². The van der Waals surface area contributed by atoms with Crippen molar-refractivity contribution in [3.05, 3.63) is 54.1 Å². The van der Waals surface area contributed by atoms with E-state index in [1.54, 1.807) is 18.2 Å². The Balaban J connectivity index is 1.48. The van der Waals surface area contributed by atoms with Crippen molar-refractivity contribution >= 4 is 22.9 Å². The lowest BCUT2D eigenvalue weighted by molar-refractivity contribution is -0.124. The summed E-state index contributed by atoms with van der Waals surface area (Å²) in [6, 6.07) is 15.1. The Morgan fingerprint density at radius 3 is 2.72 bits per heavy atom. The zero-order chi connectivity index (χ0) is 17.2. The number of imidazole rings is 1. The zero-order valence-corrected chi connectivity index (χ0v) is 13.5. The molecule has 0 radical (unpaired) electrons. The van der Waals surface area contributed by atoms with Crippen LogP contribution in [0, 0.1) is 0 Å². The van der Waals surface area contributed by atoms with Crippen LogP contribution in [0.4, 0.5) is 0 Å². The summed E-state index contributed by atoms with van der Waals surface area (Å²) >= 11 is 0. The van der Waals surface area contributed by atoms with Gasteiger partial charge in [-0.25, -0.2) is 9.78 Å². The first-order valence-electron chi connectivity index (χ1n) is 8.21. The lowest BCUT2D eigenvalue weighted by Crippen LogP contribution is -2.30. The highest BCUT2D eigenvalue weighted by atomic mass is 16.5. The number of carbonyl (C=O) groups excluding carboxylic acids is 2. The molecule has 1 amide bonds. The van der Waals surface area contributed by atoms with Gasteiger partial charge in [0.25, 0.3) is 5.91 Å². The molecule has 1 aliphatic carbocycles. The van der Waals surface area contributed by atoms with E-state index in [1.165, 1.54) is 0 Å². The van der Waals surface area contributed by atoms with Gasteiger partial charge < -0.3 is 15.0 Å². The summed E-state index contributed by atoms with van der Waals surface area (Å²) in [6.07, 6.45) is 2.00. The minimum atomic E-state index is -0.524. The molecule has 126 valence electrons. The summed E-state index contributed by atoms with van der Waals surface area (Å²) in [5.41, 5.74) is 2.87. The van der Waals surface area contributed by atoms with Gasteiger partial charge in [0.15, 0.2) is 6.61 Å². The van der Waals surface area contributed by atoms with Gasteiger partial charge in [0, 0.05) is 11.6 Å². The smallest absolute Gasteiger partial charge is 0.338 e. The first kappa shape index (κ1) is 15.4. The molecule has 2 N–H and O–H groups in total. The number of fused-ring (bicyclic) bond motifs is 1. The molecule has 0 saturated heterocycles. The number of hydrogen-bond acceptors (Lipinski definition) is 4. The van der Waals surface area contributed by atoms with Gasteiger partial charge >= 0.3 is 5.97 Å². The SMILES string of the molecule is O=C(COC(=O)c1ccc2nc(-c3ccccc3)[nH]c2c1)NC1CC1. The molecule has 6 nitrogen and oxygen atoms in total. The number of rotatable bonds is 5. The summed E-state index contributed by atoms with van der Waals surface area (Å²) in [5, 5.41) is 2.78. The topological polar surface area (TPSA) is 84.1 Å². The van der Waals surface area contributed by atoms with Gasteiger partial charge in [-0.15, -0.1) is 0 Å². The monoisotopic (exact) mass is 335 g/mol. The third-order valence-corrected chi connectivity index (χ3v) is 4.04. The molecule has 25 heavy (non-hydrogen) atoms. The quantitative estimate of drug-likeness (QED) is 0.702. The number of aromatic nitrogens is 2. The van der Waals surface area contributed by atoms with Crippen LogP contribution in [0.5, 0.6) is 0 Å². The lowest BCUT2D eigenvalue weighted by Gasteiger charge is -2.05. The maximum atomic E-state index is 12.1. The Hall–Kier alpha value is -3.15. The molecule has 0 atom stereocenters. The third kappa shape index (κ3) is 3.52. The summed E-state index contributed by atoms with van der Waals surface area (Å²) in [7, 11) is 0. The molecule has 1 saturated carbocycles. The van der Waals surface area contributed by atoms with Crippen molar-refractivity contribution in [1.82, 2.24) is 15.3 Å². The van der Waals surface area contributed by atoms with E-state index in [-0.39, 0.29) is 18.6 Å². The molecular formula is C19H17N3O3. The van der Waals surface area contributed by atoms with Crippen LogP contribution < -0.4 is 5.32 Å². The fourth-order valence-electron chi connectivity index (χ4n) is 2.58. The Kier molecular flexibility index (Phi) is 3.93. The summed E-state index contributed by atoms with van der Waals surface area (Å²) in [6.45, 7) is -0.258. The normalized spacial score (nSPS) is 13.6. The Morgan fingerprint density at radius 2 is 1.96 bits per heavy atom. The summed E-state index contributed by atoms with van der Waals surface area (Å²) in [5.74, 6) is -0.0431. The highest BCUT2D eigenvalue weighted by Gasteiger charge is 2.23. The van der Waals surface area contributed by atoms with Crippen LogP contribution >= 0.6 is 0 Å². The van der Waals surface area contributed by atoms with Crippen LogP contribution in [-0.2, 0) is 9.53 Å². The van der Waals surface area contributed by atoms with Crippen molar-refractivity contribution in [3.8, 4) is 11.4 Å². The molecule has 0 aliphatic heterocycles. The van der Waals surface area contributed by atoms with Crippen LogP contribution in [0.1, 0.15) is 23.2 Å². The standard InChI is InChI=1S/C19H17N3O3/c23-17(20-14-7-8-14)11-25-19(24)13-6-9-15-16(10-13)22-18(21-15)12-4-2-1-3-5-12/h1-6,9-10,14H,7-8,11H2,(H,20,23)(H,21,22). The predicted molar refractivity (Wildman–Crippen MR) is 93.0 cm³/mol. The zero-order valence-electron chi connectivity index (χ0n) is 13.5. The molecule has 0 spiro atoms. The van der Waals surface area contributed by atoms with Crippen LogP contribution in [-0.4, -0.2) is 34.5 Å². The van der Waals surface area contributed by atoms with Crippen molar-refractivity contribution < 1.29 is 14.3 Å². The third-order valence-electron chi connectivity index (χ3n) is 4.04. The molecule has 1 aromatic heterocycles. The number of ether oxygens (including phenoxy) is 1. The van der Waals surface area contributed by atoms with Gasteiger partial charge in [-0.3, -0.25) is 4.79 Å². The average Bonchev–Trinajstić information content (AvgIpc) is 3.34. The van der Waals surface area contributed by atoms with Gasteiger partial charge in [0.2, 0.25) is 0 Å². The Labute approximate surface area is 144 Å². The van der Waals surface area contributed by atoms with Crippen molar-refractivity contribution in [1.29, 1.82) is 0 Å². The molecule has 2 aromatic carbocycles. The molecule has 0 bridgehead atoms. The number of nitrogens with one attached hydrogen (secondary N) is 2. The van der Waals surface area contributed by atoms with E-state index in [0.717, 1.165) is 35.3 Å². The summed E-state index contributed by atoms with van der Waals surface area (Å²) < 4.78 is 5.07. The number of nitrogens with zero attached hydrogens (tertiary/aromatic N) is 1. The first-order chi connectivity index (χ1) is 12.2. The van der Waals surface area contributed by atoms with Crippen LogP contribution in [0.15, 0.2) is 48.5 Å². The average molecular weight is 335 g/mol. The second-order valence-corrected chi connectivity index (χ2v) is 6.10. The maximum Gasteiger partial charge on any atom is 0.338 e. The number of amides is 1. The van der Waals surface area contributed by atoms with Crippen molar-refractivity contribution in [2.75, 3.05) is 6.61 Å². The van der Waals surface area contributed by atoms with E-state index in [1.807, 2.05) is 30.3 Å². The Morgan fingerprint density at radius 1 is 1.16 bits per heavy atom. The van der Waals surface area contributed by atoms with E-state index >= 15 is 0 Å². The van der Waals surface area contributed by atoms with E-state index in [2.05, 4.69) is 15.3 Å². The van der Waals surface area contributed by atoms with Gasteiger partial charge in [-0.05, 0) is 31.0 Å². The molecule has 3 aromatic rings. The largest absolute Gasteiger partial charge is 0.452 e. The van der Waals surface area contributed by atoms with Gasteiger partial charge in [0.1, 0.15) is 5.82 Å². The number of esters is 1. The molecule has 0 unspecified atom stereocenters. The number of H-pyrrole nitrogens is 1. The van der Waals surface area contributed by atoms with E-state index in [9.17, 15) is 9.59 Å². The fraction of sp³-hybridized carbons (Fsp3) is 0.211. The molecule has 1 aliphatic rings. The first-order valence-corrected chi connectivity index (χ1v) is 8.21. The lowest BCUT2D eigenvalue weighted by atomic mass is 10.2. The second-order valence-electron chi connectivity index (χ2n) is 6.10.